The molecule has 0 atom stereocenters. The van der Waals surface area contributed by atoms with Gasteiger partial charge in [0.25, 0.3) is 0 Å². The van der Waals surface area contributed by atoms with Gasteiger partial charge in [0.1, 0.15) is 11.5 Å². The van der Waals surface area contributed by atoms with E-state index in [4.69, 9.17) is 4.42 Å². The van der Waals surface area contributed by atoms with Crippen LogP contribution in [0.3, 0.4) is 0 Å². The molecule has 0 N–H and O–H groups in total. The lowest BCUT2D eigenvalue weighted by molar-refractivity contribution is 0.0563. The summed E-state index contributed by atoms with van der Waals surface area (Å²) >= 11 is 0. The van der Waals surface area contributed by atoms with Crippen LogP contribution < -0.4 is 0 Å². The van der Waals surface area contributed by atoms with Crippen molar-refractivity contribution in [3.05, 3.63) is 53.5 Å². The number of ether oxygens (including phenoxy) is 1. The molecule has 0 aliphatic heterocycles. The summed E-state index contributed by atoms with van der Waals surface area (Å²) in [5, 5.41) is 0. The number of hydrogen-bond acceptors (Lipinski definition) is 5. The van der Waals surface area contributed by atoms with E-state index in [-0.39, 0.29) is 27.6 Å². The summed E-state index contributed by atoms with van der Waals surface area (Å²) in [7, 11) is -2.31. The fourth-order valence-electron chi connectivity index (χ4n) is 2.10. The van der Waals surface area contributed by atoms with Crippen molar-refractivity contribution in [1.29, 1.82) is 0 Å². The molecule has 124 valence electrons. The predicted octanol–water partition coefficient (Wildman–Crippen LogP) is 3.34. The Morgan fingerprint density at radius 3 is 2.22 bits per heavy atom. The highest BCUT2D eigenvalue weighted by atomic mass is 32.2. The second kappa shape index (κ2) is 6.20. The van der Waals surface area contributed by atoms with E-state index in [1.165, 1.54) is 19.2 Å². The number of sulfone groups is 1. The summed E-state index contributed by atoms with van der Waals surface area (Å²) in [4.78, 5) is 11.6. The molecule has 0 spiro atoms. The van der Waals surface area contributed by atoms with Gasteiger partial charge in [-0.1, -0.05) is 32.9 Å². The van der Waals surface area contributed by atoms with Crippen LogP contribution in [0, 0.1) is 0 Å². The quantitative estimate of drug-likeness (QED) is 0.801. The standard InChI is InChI=1S/C17H20O5S/c1-17(2,3)12-5-8-14(9-6-12)23(19,20)11-13-7-10-15(22-13)16(18)21-4/h5-10H,11H2,1-4H3. The van der Waals surface area contributed by atoms with Crippen LogP contribution >= 0.6 is 0 Å². The van der Waals surface area contributed by atoms with Crippen LogP contribution in [0.2, 0.25) is 0 Å². The molecule has 2 rings (SSSR count). The Hall–Kier alpha value is -2.08. The molecule has 6 heteroatoms. The minimum absolute atomic E-state index is 0.0132. The minimum Gasteiger partial charge on any atom is -0.463 e. The molecular formula is C17H20O5S. The van der Waals surface area contributed by atoms with E-state index in [2.05, 4.69) is 25.5 Å². The Bertz CT molecular complexity index is 792. The van der Waals surface area contributed by atoms with E-state index in [1.807, 2.05) is 12.1 Å². The fraction of sp³-hybridized carbons (Fsp3) is 0.353. The van der Waals surface area contributed by atoms with E-state index >= 15 is 0 Å². The van der Waals surface area contributed by atoms with Crippen LogP contribution in [0.4, 0.5) is 0 Å². The number of carbonyl (C=O) groups is 1. The summed E-state index contributed by atoms with van der Waals surface area (Å²) in [6, 6.07) is 9.69. The summed E-state index contributed by atoms with van der Waals surface area (Å²) < 4.78 is 34.6. The van der Waals surface area contributed by atoms with Crippen molar-refractivity contribution in [2.75, 3.05) is 7.11 Å². The first-order valence-corrected chi connectivity index (χ1v) is 8.79. The van der Waals surface area contributed by atoms with Gasteiger partial charge < -0.3 is 9.15 Å². The highest BCUT2D eigenvalue weighted by Crippen LogP contribution is 2.25. The van der Waals surface area contributed by atoms with Crippen LogP contribution in [-0.4, -0.2) is 21.5 Å². The van der Waals surface area contributed by atoms with Crippen LogP contribution in [0.15, 0.2) is 45.7 Å². The second-order valence-corrected chi connectivity index (χ2v) is 8.28. The van der Waals surface area contributed by atoms with Gasteiger partial charge in [-0.2, -0.15) is 0 Å². The average Bonchev–Trinajstić information content (AvgIpc) is 2.93. The first-order valence-electron chi connectivity index (χ1n) is 7.14. The monoisotopic (exact) mass is 336 g/mol. The summed E-state index contributed by atoms with van der Waals surface area (Å²) in [6.07, 6.45) is 0. The zero-order valence-corrected chi connectivity index (χ0v) is 14.4. The molecule has 5 nitrogen and oxygen atoms in total. The molecule has 0 aliphatic carbocycles. The van der Waals surface area contributed by atoms with Crippen molar-refractivity contribution in [1.82, 2.24) is 0 Å². The maximum Gasteiger partial charge on any atom is 0.373 e. The Morgan fingerprint density at radius 1 is 1.09 bits per heavy atom. The van der Waals surface area contributed by atoms with Crippen molar-refractivity contribution in [3.63, 3.8) is 0 Å². The van der Waals surface area contributed by atoms with Gasteiger partial charge >= 0.3 is 5.97 Å². The molecule has 0 unspecified atom stereocenters. The molecule has 0 bridgehead atoms. The lowest BCUT2D eigenvalue weighted by Crippen LogP contribution is -2.11. The normalized spacial score (nSPS) is 12.2. The molecule has 1 heterocycles. The van der Waals surface area contributed by atoms with E-state index in [1.54, 1.807) is 12.1 Å². The molecule has 1 aromatic heterocycles. The van der Waals surface area contributed by atoms with Gasteiger partial charge in [0.15, 0.2) is 9.84 Å². The van der Waals surface area contributed by atoms with Crippen LogP contribution in [0.25, 0.3) is 0 Å². The number of carbonyl (C=O) groups excluding carboxylic acids is 1. The number of benzene rings is 1. The Labute approximate surface area is 136 Å². The molecule has 23 heavy (non-hydrogen) atoms. The van der Waals surface area contributed by atoms with Crippen molar-refractivity contribution in [2.45, 2.75) is 36.8 Å². The van der Waals surface area contributed by atoms with Crippen molar-refractivity contribution >= 4 is 15.8 Å². The summed E-state index contributed by atoms with van der Waals surface area (Å²) in [5.74, 6) is -0.756. The van der Waals surface area contributed by atoms with Crippen molar-refractivity contribution < 1.29 is 22.4 Å². The third-order valence-corrected chi connectivity index (χ3v) is 5.11. The van der Waals surface area contributed by atoms with Gasteiger partial charge in [-0.05, 0) is 35.2 Å². The van der Waals surface area contributed by atoms with Gasteiger partial charge in [-0.15, -0.1) is 0 Å². The van der Waals surface area contributed by atoms with E-state index in [0.29, 0.717) is 0 Å². The highest BCUT2D eigenvalue weighted by Gasteiger charge is 2.21. The van der Waals surface area contributed by atoms with Gasteiger partial charge in [0.05, 0.1) is 12.0 Å². The zero-order valence-electron chi connectivity index (χ0n) is 13.6. The lowest BCUT2D eigenvalue weighted by atomic mass is 9.87. The van der Waals surface area contributed by atoms with Crippen LogP contribution in [0.1, 0.15) is 42.6 Å². The van der Waals surface area contributed by atoms with Gasteiger partial charge in [0, 0.05) is 0 Å². The topological polar surface area (TPSA) is 73.6 Å². The first-order chi connectivity index (χ1) is 10.6. The fourth-order valence-corrected chi connectivity index (χ4v) is 3.35. The SMILES string of the molecule is COC(=O)c1ccc(CS(=O)(=O)c2ccc(C(C)(C)C)cc2)o1. The first kappa shape index (κ1) is 17.3. The van der Waals surface area contributed by atoms with Gasteiger partial charge in [-0.3, -0.25) is 0 Å². The van der Waals surface area contributed by atoms with Gasteiger partial charge in [0.2, 0.25) is 5.76 Å². The van der Waals surface area contributed by atoms with Crippen LogP contribution in [0.5, 0.6) is 0 Å². The number of hydrogen-bond donors (Lipinski definition) is 0. The minimum atomic E-state index is -3.54. The number of rotatable bonds is 4. The average molecular weight is 336 g/mol. The summed E-state index contributed by atoms with van der Waals surface area (Å²) in [5.41, 5.74) is 1.01. The predicted molar refractivity (Wildman–Crippen MR) is 86.1 cm³/mol. The van der Waals surface area contributed by atoms with Crippen molar-refractivity contribution in [3.8, 4) is 0 Å². The maximum atomic E-state index is 12.4. The highest BCUT2D eigenvalue weighted by molar-refractivity contribution is 7.90. The van der Waals surface area contributed by atoms with E-state index < -0.39 is 15.8 Å². The molecule has 1 aromatic carbocycles. The molecule has 0 saturated carbocycles. The number of esters is 1. The van der Waals surface area contributed by atoms with E-state index in [0.717, 1.165) is 5.56 Å². The third kappa shape index (κ3) is 4.01. The molecule has 0 saturated heterocycles. The smallest absolute Gasteiger partial charge is 0.373 e. The van der Waals surface area contributed by atoms with Gasteiger partial charge in [-0.25, -0.2) is 13.2 Å². The number of methoxy groups -OCH3 is 1. The Balaban J connectivity index is 2.22. The third-order valence-electron chi connectivity index (χ3n) is 3.46. The molecule has 0 amide bonds. The molecule has 0 radical (unpaired) electrons. The molecule has 0 aliphatic rings. The zero-order chi connectivity index (χ0) is 17.3. The maximum absolute atomic E-state index is 12.4. The second-order valence-electron chi connectivity index (χ2n) is 6.29. The lowest BCUT2D eigenvalue weighted by Gasteiger charge is -2.19. The van der Waals surface area contributed by atoms with E-state index in [9.17, 15) is 13.2 Å². The molecule has 0 fully saturated rings. The number of furan rings is 1. The van der Waals surface area contributed by atoms with Crippen LogP contribution in [-0.2, 0) is 25.7 Å². The Morgan fingerprint density at radius 2 is 1.70 bits per heavy atom. The summed E-state index contributed by atoms with van der Waals surface area (Å²) in [6.45, 7) is 6.19. The van der Waals surface area contributed by atoms with Crippen molar-refractivity contribution in [2.24, 2.45) is 0 Å². The Kier molecular flexibility index (Phi) is 4.66. The largest absolute Gasteiger partial charge is 0.463 e. The molecule has 2 aromatic rings. The molecular weight excluding hydrogens is 316 g/mol.